The Balaban J connectivity index is 1.59. The molecule has 1 fully saturated rings. The highest BCUT2D eigenvalue weighted by atomic mass is 16.4. The number of nitrogens with zero attached hydrogens (tertiary/aromatic N) is 3. The molecule has 1 aliphatic rings. The standard InChI is InChI=1S/C17H23N3O2/c1-12-3-5-15(6-4-12)17-19-18-16(22-17)11-20-9-7-14(8-10-20)13(2)21/h3-6,13-14,21H,7-11H2,1-2H3. The number of rotatable bonds is 4. The molecule has 5 heteroatoms. The predicted molar refractivity (Wildman–Crippen MR) is 84.2 cm³/mol. The van der Waals surface area contributed by atoms with Crippen molar-refractivity contribution in [2.24, 2.45) is 5.92 Å². The van der Waals surface area contributed by atoms with E-state index in [0.29, 0.717) is 24.2 Å². The lowest BCUT2D eigenvalue weighted by atomic mass is 9.92. The summed E-state index contributed by atoms with van der Waals surface area (Å²) in [4.78, 5) is 2.31. The molecule has 2 aromatic rings. The fraction of sp³-hybridized carbons (Fsp3) is 0.529. The highest BCUT2D eigenvalue weighted by Crippen LogP contribution is 2.23. The third-order valence-electron chi connectivity index (χ3n) is 4.44. The van der Waals surface area contributed by atoms with Crippen LogP contribution in [0.15, 0.2) is 28.7 Å². The summed E-state index contributed by atoms with van der Waals surface area (Å²) in [6, 6.07) is 8.08. The van der Waals surface area contributed by atoms with Gasteiger partial charge >= 0.3 is 0 Å². The second-order valence-electron chi connectivity index (χ2n) is 6.22. The molecule has 1 N–H and O–H groups in total. The van der Waals surface area contributed by atoms with Crippen LogP contribution in [0.2, 0.25) is 0 Å². The molecule has 0 amide bonds. The van der Waals surface area contributed by atoms with Gasteiger partial charge in [0.2, 0.25) is 11.8 Å². The van der Waals surface area contributed by atoms with Gasteiger partial charge in [-0.05, 0) is 57.8 Å². The molecule has 0 aliphatic carbocycles. The zero-order valence-corrected chi connectivity index (χ0v) is 13.2. The number of aryl methyl sites for hydroxylation is 1. The highest BCUT2D eigenvalue weighted by molar-refractivity contribution is 5.52. The summed E-state index contributed by atoms with van der Waals surface area (Å²) in [5.41, 5.74) is 2.17. The maximum Gasteiger partial charge on any atom is 0.247 e. The Morgan fingerprint density at radius 1 is 1.23 bits per heavy atom. The van der Waals surface area contributed by atoms with E-state index in [1.54, 1.807) is 0 Å². The maximum absolute atomic E-state index is 9.64. The lowest BCUT2D eigenvalue weighted by molar-refractivity contribution is 0.0668. The van der Waals surface area contributed by atoms with Crippen molar-refractivity contribution in [3.63, 3.8) is 0 Å². The molecule has 1 aliphatic heterocycles. The van der Waals surface area contributed by atoms with E-state index in [4.69, 9.17) is 4.42 Å². The first-order valence-corrected chi connectivity index (χ1v) is 7.91. The van der Waals surface area contributed by atoms with E-state index in [9.17, 15) is 5.11 Å². The fourth-order valence-electron chi connectivity index (χ4n) is 2.92. The van der Waals surface area contributed by atoms with Gasteiger partial charge in [0.25, 0.3) is 0 Å². The van der Waals surface area contributed by atoms with Crippen LogP contribution in [0, 0.1) is 12.8 Å². The van der Waals surface area contributed by atoms with Gasteiger partial charge in [-0.1, -0.05) is 17.7 Å². The van der Waals surface area contributed by atoms with E-state index in [-0.39, 0.29) is 6.10 Å². The lowest BCUT2D eigenvalue weighted by Gasteiger charge is -2.32. The van der Waals surface area contributed by atoms with E-state index in [2.05, 4.69) is 22.0 Å². The number of aromatic nitrogens is 2. The van der Waals surface area contributed by atoms with Gasteiger partial charge in [-0.25, -0.2) is 0 Å². The number of likely N-dealkylation sites (tertiary alicyclic amines) is 1. The van der Waals surface area contributed by atoms with Gasteiger partial charge in [0.05, 0.1) is 12.6 Å². The van der Waals surface area contributed by atoms with Crippen LogP contribution in [0.25, 0.3) is 11.5 Å². The minimum Gasteiger partial charge on any atom is -0.419 e. The topological polar surface area (TPSA) is 62.4 Å². The van der Waals surface area contributed by atoms with Gasteiger partial charge in [0.15, 0.2) is 0 Å². The van der Waals surface area contributed by atoms with Crippen LogP contribution in [-0.2, 0) is 6.54 Å². The Bertz CT molecular complexity index is 599. The monoisotopic (exact) mass is 301 g/mol. The van der Waals surface area contributed by atoms with E-state index < -0.39 is 0 Å². The van der Waals surface area contributed by atoms with Crippen molar-refractivity contribution in [2.75, 3.05) is 13.1 Å². The second kappa shape index (κ2) is 6.58. The van der Waals surface area contributed by atoms with Crippen LogP contribution in [0.5, 0.6) is 0 Å². The van der Waals surface area contributed by atoms with Gasteiger partial charge in [0, 0.05) is 5.56 Å². The molecule has 2 heterocycles. The summed E-state index contributed by atoms with van der Waals surface area (Å²) in [5.74, 6) is 1.65. The quantitative estimate of drug-likeness (QED) is 0.940. The number of hydrogen-bond donors (Lipinski definition) is 1. The van der Waals surface area contributed by atoms with Crippen LogP contribution in [0.1, 0.15) is 31.2 Å². The highest BCUT2D eigenvalue weighted by Gasteiger charge is 2.23. The maximum atomic E-state index is 9.64. The zero-order chi connectivity index (χ0) is 15.5. The van der Waals surface area contributed by atoms with Crippen molar-refractivity contribution >= 4 is 0 Å². The molecular formula is C17H23N3O2. The first-order chi connectivity index (χ1) is 10.6. The summed E-state index contributed by atoms with van der Waals surface area (Å²) in [5, 5.41) is 17.9. The smallest absolute Gasteiger partial charge is 0.247 e. The first kappa shape index (κ1) is 15.2. The van der Waals surface area contributed by atoms with Gasteiger partial charge in [0.1, 0.15) is 0 Å². The van der Waals surface area contributed by atoms with E-state index >= 15 is 0 Å². The average molecular weight is 301 g/mol. The normalized spacial score (nSPS) is 18.5. The Morgan fingerprint density at radius 2 is 1.91 bits per heavy atom. The van der Waals surface area contributed by atoms with E-state index in [1.807, 2.05) is 31.2 Å². The zero-order valence-electron chi connectivity index (χ0n) is 13.2. The van der Waals surface area contributed by atoms with Gasteiger partial charge < -0.3 is 9.52 Å². The third-order valence-corrected chi connectivity index (χ3v) is 4.44. The van der Waals surface area contributed by atoms with Crippen molar-refractivity contribution in [3.8, 4) is 11.5 Å². The number of aliphatic hydroxyl groups excluding tert-OH is 1. The predicted octanol–water partition coefficient (Wildman–Crippen LogP) is 2.64. The molecular weight excluding hydrogens is 278 g/mol. The molecule has 1 saturated heterocycles. The molecule has 0 radical (unpaired) electrons. The molecule has 0 saturated carbocycles. The van der Waals surface area contributed by atoms with Gasteiger partial charge in [-0.2, -0.15) is 0 Å². The fourth-order valence-corrected chi connectivity index (χ4v) is 2.92. The summed E-state index contributed by atoms with van der Waals surface area (Å²) < 4.78 is 5.77. The van der Waals surface area contributed by atoms with Crippen LogP contribution < -0.4 is 0 Å². The molecule has 1 aromatic heterocycles. The lowest BCUT2D eigenvalue weighted by Crippen LogP contribution is -2.36. The molecule has 5 nitrogen and oxygen atoms in total. The van der Waals surface area contributed by atoms with Gasteiger partial charge in [-0.3, -0.25) is 4.90 Å². The Labute approximate surface area is 131 Å². The minimum absolute atomic E-state index is 0.210. The second-order valence-corrected chi connectivity index (χ2v) is 6.22. The largest absolute Gasteiger partial charge is 0.419 e. The van der Waals surface area contributed by atoms with Crippen molar-refractivity contribution in [2.45, 2.75) is 39.3 Å². The summed E-state index contributed by atoms with van der Waals surface area (Å²) >= 11 is 0. The molecule has 0 spiro atoms. The average Bonchev–Trinajstić information content (AvgIpc) is 2.97. The number of aliphatic hydroxyl groups is 1. The number of hydrogen-bond acceptors (Lipinski definition) is 5. The number of benzene rings is 1. The Morgan fingerprint density at radius 3 is 2.55 bits per heavy atom. The van der Waals surface area contributed by atoms with Crippen LogP contribution in [0.3, 0.4) is 0 Å². The van der Waals surface area contributed by atoms with Crippen molar-refractivity contribution in [1.29, 1.82) is 0 Å². The van der Waals surface area contributed by atoms with E-state index in [0.717, 1.165) is 31.5 Å². The molecule has 0 bridgehead atoms. The van der Waals surface area contributed by atoms with E-state index in [1.165, 1.54) is 5.56 Å². The third kappa shape index (κ3) is 3.54. The first-order valence-electron chi connectivity index (χ1n) is 7.91. The van der Waals surface area contributed by atoms with Crippen molar-refractivity contribution in [1.82, 2.24) is 15.1 Å². The molecule has 1 aromatic carbocycles. The summed E-state index contributed by atoms with van der Waals surface area (Å²) in [6.07, 6.45) is 1.84. The SMILES string of the molecule is Cc1ccc(-c2nnc(CN3CCC(C(C)O)CC3)o2)cc1. The Kier molecular flexibility index (Phi) is 4.55. The van der Waals surface area contributed by atoms with Crippen molar-refractivity contribution < 1.29 is 9.52 Å². The van der Waals surface area contributed by atoms with Crippen molar-refractivity contribution in [3.05, 3.63) is 35.7 Å². The molecule has 3 rings (SSSR count). The van der Waals surface area contributed by atoms with Crippen LogP contribution in [0.4, 0.5) is 0 Å². The Hall–Kier alpha value is -1.72. The van der Waals surface area contributed by atoms with Crippen LogP contribution >= 0.6 is 0 Å². The summed E-state index contributed by atoms with van der Waals surface area (Å²) in [6.45, 7) is 6.56. The minimum atomic E-state index is -0.210. The molecule has 1 unspecified atom stereocenters. The molecule has 118 valence electrons. The van der Waals surface area contributed by atoms with Gasteiger partial charge in [-0.15, -0.1) is 10.2 Å². The molecule has 22 heavy (non-hydrogen) atoms. The summed E-state index contributed by atoms with van der Waals surface area (Å²) in [7, 11) is 0. The number of piperidine rings is 1. The van der Waals surface area contributed by atoms with Crippen LogP contribution in [-0.4, -0.2) is 39.4 Å². The molecule has 1 atom stereocenters.